The van der Waals surface area contributed by atoms with Crippen LogP contribution in [0.3, 0.4) is 0 Å². The van der Waals surface area contributed by atoms with Crippen molar-refractivity contribution in [1.29, 1.82) is 0 Å². The van der Waals surface area contributed by atoms with Gasteiger partial charge in [0.2, 0.25) is 5.91 Å². The zero-order valence-corrected chi connectivity index (χ0v) is 11.7. The van der Waals surface area contributed by atoms with Gasteiger partial charge in [-0.15, -0.1) is 0 Å². The highest BCUT2D eigenvalue weighted by Crippen LogP contribution is 2.18. The summed E-state index contributed by atoms with van der Waals surface area (Å²) in [5, 5.41) is 0. The number of benzene rings is 1. The van der Waals surface area contributed by atoms with Gasteiger partial charge in [-0.3, -0.25) is 4.79 Å². The van der Waals surface area contributed by atoms with Crippen LogP contribution in [0, 0.1) is 0 Å². The van der Waals surface area contributed by atoms with E-state index in [0.717, 1.165) is 24.9 Å². The number of rotatable bonds is 6. The first kappa shape index (κ1) is 14.6. The van der Waals surface area contributed by atoms with Crippen molar-refractivity contribution >= 4 is 23.1 Å². The zero-order valence-electron chi connectivity index (χ0n) is 10.9. The molecule has 2 N–H and O–H groups in total. The predicted octanol–water partition coefficient (Wildman–Crippen LogP) is 2.31. The van der Waals surface area contributed by atoms with Crippen molar-refractivity contribution < 1.29 is 4.79 Å². The Balaban J connectivity index is 2.86. The van der Waals surface area contributed by atoms with E-state index in [4.69, 9.17) is 18.0 Å². The van der Waals surface area contributed by atoms with Gasteiger partial charge in [0.05, 0.1) is 4.99 Å². The highest BCUT2D eigenvalue weighted by molar-refractivity contribution is 7.80. The Bertz CT molecular complexity index is 406. The van der Waals surface area contributed by atoms with Gasteiger partial charge < -0.3 is 10.6 Å². The molecule has 0 aromatic heterocycles. The number of likely N-dealkylation sites (N-methyl/N-ethyl adjacent to an activating group) is 1. The molecule has 0 fully saturated rings. The van der Waals surface area contributed by atoms with Crippen LogP contribution < -0.4 is 5.73 Å². The molecule has 1 rings (SSSR count). The van der Waals surface area contributed by atoms with E-state index < -0.39 is 5.92 Å². The molecule has 0 aliphatic carbocycles. The molecule has 0 spiro atoms. The van der Waals surface area contributed by atoms with Crippen molar-refractivity contribution in [3.05, 3.63) is 35.9 Å². The Labute approximate surface area is 114 Å². The number of amides is 1. The van der Waals surface area contributed by atoms with Gasteiger partial charge in [-0.2, -0.15) is 0 Å². The highest BCUT2D eigenvalue weighted by Gasteiger charge is 2.25. The lowest BCUT2D eigenvalue weighted by Crippen LogP contribution is -2.38. The maximum atomic E-state index is 12.3. The summed E-state index contributed by atoms with van der Waals surface area (Å²) < 4.78 is 0. The van der Waals surface area contributed by atoms with Crippen molar-refractivity contribution in [2.45, 2.75) is 25.7 Å². The van der Waals surface area contributed by atoms with Crippen LogP contribution in [-0.4, -0.2) is 29.4 Å². The Hall–Kier alpha value is -1.42. The average molecular weight is 264 g/mol. The molecule has 1 unspecified atom stereocenters. The van der Waals surface area contributed by atoms with E-state index in [2.05, 4.69) is 6.92 Å². The largest absolute Gasteiger partial charge is 0.392 e. The molecular formula is C14H20N2OS. The second-order valence-corrected chi connectivity index (χ2v) is 4.83. The molecular weight excluding hydrogens is 244 g/mol. The first-order valence-electron chi connectivity index (χ1n) is 6.17. The van der Waals surface area contributed by atoms with E-state index in [-0.39, 0.29) is 10.9 Å². The predicted molar refractivity (Wildman–Crippen MR) is 78.5 cm³/mol. The van der Waals surface area contributed by atoms with Crippen molar-refractivity contribution in [3.63, 3.8) is 0 Å². The second-order valence-electron chi connectivity index (χ2n) is 4.36. The highest BCUT2D eigenvalue weighted by atomic mass is 32.1. The average Bonchev–Trinajstić information content (AvgIpc) is 2.36. The van der Waals surface area contributed by atoms with Gasteiger partial charge in [-0.25, -0.2) is 0 Å². The van der Waals surface area contributed by atoms with Crippen LogP contribution in [0.5, 0.6) is 0 Å². The molecule has 0 heterocycles. The van der Waals surface area contributed by atoms with Crippen molar-refractivity contribution in [2.24, 2.45) is 5.73 Å². The lowest BCUT2D eigenvalue weighted by atomic mass is 9.97. The molecule has 4 heteroatoms. The van der Waals surface area contributed by atoms with Crippen molar-refractivity contribution in [2.75, 3.05) is 13.6 Å². The fraction of sp³-hybridized carbons (Fsp3) is 0.429. The normalized spacial score (nSPS) is 11.9. The molecule has 18 heavy (non-hydrogen) atoms. The van der Waals surface area contributed by atoms with Crippen LogP contribution in [0.15, 0.2) is 30.3 Å². The third-order valence-electron chi connectivity index (χ3n) is 2.89. The summed E-state index contributed by atoms with van der Waals surface area (Å²) in [6, 6.07) is 9.45. The maximum absolute atomic E-state index is 12.3. The molecule has 0 saturated heterocycles. The fourth-order valence-corrected chi connectivity index (χ4v) is 2.04. The monoisotopic (exact) mass is 264 g/mol. The maximum Gasteiger partial charge on any atom is 0.236 e. The third-order valence-corrected chi connectivity index (χ3v) is 3.12. The molecule has 0 bridgehead atoms. The molecule has 3 nitrogen and oxygen atoms in total. The summed E-state index contributed by atoms with van der Waals surface area (Å²) in [4.78, 5) is 14.3. The molecule has 1 aromatic rings. The van der Waals surface area contributed by atoms with E-state index in [1.165, 1.54) is 0 Å². The van der Waals surface area contributed by atoms with Gasteiger partial charge in [-0.1, -0.05) is 55.9 Å². The fourth-order valence-electron chi connectivity index (χ4n) is 1.80. The molecule has 0 aliphatic rings. The van der Waals surface area contributed by atoms with Gasteiger partial charge >= 0.3 is 0 Å². The minimum Gasteiger partial charge on any atom is -0.392 e. The number of carbonyl (C=O) groups is 1. The Morgan fingerprint density at radius 2 is 2.00 bits per heavy atom. The number of thiocarbonyl (C=S) groups is 1. The standard InChI is InChI=1S/C14H20N2OS/c1-3-4-10-16(2)14(17)12(13(15)18)11-8-6-5-7-9-11/h5-9,12H,3-4,10H2,1-2H3,(H2,15,18). The lowest BCUT2D eigenvalue weighted by Gasteiger charge is -2.23. The Kier molecular flexibility index (Phi) is 5.78. The molecule has 1 aromatic carbocycles. The molecule has 0 aliphatic heterocycles. The van der Waals surface area contributed by atoms with Crippen LogP contribution >= 0.6 is 12.2 Å². The summed E-state index contributed by atoms with van der Waals surface area (Å²) in [6.07, 6.45) is 2.04. The summed E-state index contributed by atoms with van der Waals surface area (Å²) in [6.45, 7) is 2.84. The topological polar surface area (TPSA) is 46.3 Å². The number of nitrogens with two attached hydrogens (primary N) is 1. The van der Waals surface area contributed by atoms with Crippen LogP contribution in [-0.2, 0) is 4.79 Å². The van der Waals surface area contributed by atoms with Gasteiger partial charge in [-0.05, 0) is 12.0 Å². The third kappa shape index (κ3) is 3.81. The second kappa shape index (κ2) is 7.11. The van der Waals surface area contributed by atoms with Crippen molar-refractivity contribution in [3.8, 4) is 0 Å². The van der Waals surface area contributed by atoms with Gasteiger partial charge in [0.1, 0.15) is 5.92 Å². The van der Waals surface area contributed by atoms with E-state index in [1.54, 1.807) is 11.9 Å². The van der Waals surface area contributed by atoms with Crippen LogP contribution in [0.25, 0.3) is 0 Å². The molecule has 0 radical (unpaired) electrons. The summed E-state index contributed by atoms with van der Waals surface area (Å²) in [5.41, 5.74) is 6.58. The summed E-state index contributed by atoms with van der Waals surface area (Å²) in [7, 11) is 1.80. The summed E-state index contributed by atoms with van der Waals surface area (Å²) >= 11 is 5.04. The first-order chi connectivity index (χ1) is 8.57. The van der Waals surface area contributed by atoms with Crippen LogP contribution in [0.1, 0.15) is 31.2 Å². The molecule has 1 atom stereocenters. The Morgan fingerprint density at radius 1 is 1.39 bits per heavy atom. The van der Waals surface area contributed by atoms with E-state index in [1.807, 2.05) is 30.3 Å². The lowest BCUT2D eigenvalue weighted by molar-refractivity contribution is -0.129. The number of hydrogen-bond acceptors (Lipinski definition) is 2. The quantitative estimate of drug-likeness (QED) is 0.802. The van der Waals surface area contributed by atoms with E-state index in [0.29, 0.717) is 0 Å². The smallest absolute Gasteiger partial charge is 0.236 e. The number of unbranched alkanes of at least 4 members (excludes halogenated alkanes) is 1. The van der Waals surface area contributed by atoms with Gasteiger partial charge in [0.25, 0.3) is 0 Å². The van der Waals surface area contributed by atoms with Gasteiger partial charge in [0.15, 0.2) is 0 Å². The van der Waals surface area contributed by atoms with Gasteiger partial charge in [0, 0.05) is 13.6 Å². The minimum atomic E-state index is -0.511. The van der Waals surface area contributed by atoms with E-state index in [9.17, 15) is 4.79 Å². The van der Waals surface area contributed by atoms with Crippen LogP contribution in [0.4, 0.5) is 0 Å². The first-order valence-corrected chi connectivity index (χ1v) is 6.58. The van der Waals surface area contributed by atoms with Crippen molar-refractivity contribution in [1.82, 2.24) is 4.90 Å². The minimum absolute atomic E-state index is 0.0258. The molecule has 0 saturated carbocycles. The molecule has 98 valence electrons. The van der Waals surface area contributed by atoms with Crippen LogP contribution in [0.2, 0.25) is 0 Å². The van der Waals surface area contributed by atoms with E-state index >= 15 is 0 Å². The SMILES string of the molecule is CCCCN(C)C(=O)C(C(N)=S)c1ccccc1. The summed E-state index contributed by atoms with van der Waals surface area (Å²) in [5.74, 6) is -0.537. The Morgan fingerprint density at radius 3 is 2.50 bits per heavy atom. The molecule has 1 amide bonds. The number of nitrogens with zero attached hydrogens (tertiary/aromatic N) is 1. The number of carbonyl (C=O) groups excluding carboxylic acids is 1. The zero-order chi connectivity index (χ0) is 13.5. The number of hydrogen-bond donors (Lipinski definition) is 1.